The van der Waals surface area contributed by atoms with Crippen LogP contribution in [0.4, 0.5) is 0 Å². The number of hydrogen-bond donors (Lipinski definition) is 0. The highest BCUT2D eigenvalue weighted by Crippen LogP contribution is 2.23. The maximum Gasteiger partial charge on any atom is 0.236 e. The Labute approximate surface area is 103 Å². The maximum absolute atomic E-state index is 12.0. The standard InChI is InChI=1S/C12H23N3O2/c1-13(2)9-12(16)15-7-10-6-14(3)4-5-17-11(10)8-15/h10-11H,4-9H2,1-3H3/t10-,11+/m0/s1. The van der Waals surface area contributed by atoms with Gasteiger partial charge in [-0.1, -0.05) is 0 Å². The van der Waals surface area contributed by atoms with Gasteiger partial charge in [0.1, 0.15) is 0 Å². The van der Waals surface area contributed by atoms with E-state index in [4.69, 9.17) is 4.74 Å². The van der Waals surface area contributed by atoms with Crippen LogP contribution in [0, 0.1) is 5.92 Å². The second kappa shape index (κ2) is 5.33. The Morgan fingerprint density at radius 1 is 1.35 bits per heavy atom. The van der Waals surface area contributed by atoms with Crippen LogP contribution in [0.1, 0.15) is 0 Å². The Balaban J connectivity index is 1.91. The van der Waals surface area contributed by atoms with Crippen molar-refractivity contribution in [1.82, 2.24) is 14.7 Å². The van der Waals surface area contributed by atoms with Crippen molar-refractivity contribution >= 4 is 5.91 Å². The Kier molecular flexibility index (Phi) is 4.01. The second-order valence-corrected chi connectivity index (χ2v) is 5.47. The molecule has 17 heavy (non-hydrogen) atoms. The third kappa shape index (κ3) is 3.18. The minimum Gasteiger partial charge on any atom is -0.375 e. The number of likely N-dealkylation sites (tertiary alicyclic amines) is 1. The highest BCUT2D eigenvalue weighted by molar-refractivity contribution is 5.78. The zero-order valence-corrected chi connectivity index (χ0v) is 11.1. The molecular formula is C12H23N3O2. The fourth-order valence-corrected chi connectivity index (χ4v) is 2.63. The van der Waals surface area contributed by atoms with Crippen molar-refractivity contribution < 1.29 is 9.53 Å². The van der Waals surface area contributed by atoms with Crippen LogP contribution >= 0.6 is 0 Å². The van der Waals surface area contributed by atoms with Crippen molar-refractivity contribution in [1.29, 1.82) is 0 Å². The number of ether oxygens (including phenoxy) is 1. The van der Waals surface area contributed by atoms with E-state index in [0.717, 1.165) is 32.8 Å². The summed E-state index contributed by atoms with van der Waals surface area (Å²) in [6, 6.07) is 0. The van der Waals surface area contributed by atoms with E-state index in [2.05, 4.69) is 11.9 Å². The van der Waals surface area contributed by atoms with E-state index in [-0.39, 0.29) is 12.0 Å². The van der Waals surface area contributed by atoms with Gasteiger partial charge in [0.15, 0.2) is 0 Å². The zero-order valence-electron chi connectivity index (χ0n) is 11.1. The smallest absolute Gasteiger partial charge is 0.236 e. The number of nitrogens with zero attached hydrogens (tertiary/aromatic N) is 3. The summed E-state index contributed by atoms with van der Waals surface area (Å²) in [6.45, 7) is 4.94. The SMILES string of the molecule is CN(C)CC(=O)N1C[C@@H]2CN(C)CCO[C@@H]2C1. The van der Waals surface area contributed by atoms with Crippen LogP contribution in [0.25, 0.3) is 0 Å². The van der Waals surface area contributed by atoms with E-state index in [1.54, 1.807) is 0 Å². The number of fused-ring (bicyclic) bond motifs is 1. The third-order valence-corrected chi connectivity index (χ3v) is 3.54. The Morgan fingerprint density at radius 3 is 2.82 bits per heavy atom. The van der Waals surface area contributed by atoms with Gasteiger partial charge in [0.05, 0.1) is 19.3 Å². The number of hydrogen-bond acceptors (Lipinski definition) is 4. The fourth-order valence-electron chi connectivity index (χ4n) is 2.63. The van der Waals surface area contributed by atoms with E-state index in [9.17, 15) is 4.79 Å². The van der Waals surface area contributed by atoms with Crippen molar-refractivity contribution in [2.45, 2.75) is 6.10 Å². The molecule has 98 valence electrons. The Morgan fingerprint density at radius 2 is 2.12 bits per heavy atom. The first-order valence-corrected chi connectivity index (χ1v) is 6.29. The van der Waals surface area contributed by atoms with Crippen LogP contribution in [-0.4, -0.2) is 87.2 Å². The second-order valence-electron chi connectivity index (χ2n) is 5.47. The van der Waals surface area contributed by atoms with Crippen LogP contribution in [0.15, 0.2) is 0 Å². The van der Waals surface area contributed by atoms with E-state index in [1.165, 1.54) is 0 Å². The lowest BCUT2D eigenvalue weighted by Gasteiger charge is -2.20. The zero-order chi connectivity index (χ0) is 12.4. The molecule has 0 spiro atoms. The first-order chi connectivity index (χ1) is 8.06. The summed E-state index contributed by atoms with van der Waals surface area (Å²) in [5.41, 5.74) is 0. The highest BCUT2D eigenvalue weighted by Gasteiger charge is 2.37. The predicted octanol–water partition coefficient (Wildman–Crippen LogP) is -0.663. The van der Waals surface area contributed by atoms with Crippen molar-refractivity contribution in [3.05, 3.63) is 0 Å². The monoisotopic (exact) mass is 241 g/mol. The summed E-state index contributed by atoms with van der Waals surface area (Å²) in [4.78, 5) is 18.2. The average molecular weight is 241 g/mol. The van der Waals surface area contributed by atoms with Crippen LogP contribution < -0.4 is 0 Å². The molecule has 0 unspecified atom stereocenters. The molecule has 2 aliphatic rings. The first kappa shape index (κ1) is 12.8. The maximum atomic E-state index is 12.0. The first-order valence-electron chi connectivity index (χ1n) is 6.29. The van der Waals surface area contributed by atoms with Crippen LogP contribution in [-0.2, 0) is 9.53 Å². The minimum absolute atomic E-state index is 0.217. The molecular weight excluding hydrogens is 218 g/mol. The topological polar surface area (TPSA) is 36.0 Å². The van der Waals surface area contributed by atoms with Gasteiger partial charge < -0.3 is 19.4 Å². The van der Waals surface area contributed by atoms with E-state index in [0.29, 0.717) is 12.5 Å². The molecule has 2 heterocycles. The third-order valence-electron chi connectivity index (χ3n) is 3.54. The van der Waals surface area contributed by atoms with Gasteiger partial charge in [0.2, 0.25) is 5.91 Å². The van der Waals surface area contributed by atoms with E-state index in [1.807, 2.05) is 23.9 Å². The van der Waals surface area contributed by atoms with Crippen LogP contribution in [0.2, 0.25) is 0 Å². The summed E-state index contributed by atoms with van der Waals surface area (Å²) >= 11 is 0. The summed E-state index contributed by atoms with van der Waals surface area (Å²) in [6.07, 6.45) is 0.242. The Bertz CT molecular complexity index is 283. The lowest BCUT2D eigenvalue weighted by molar-refractivity contribution is -0.131. The number of likely N-dealkylation sites (N-methyl/N-ethyl adjacent to an activating group) is 2. The molecule has 0 N–H and O–H groups in total. The molecule has 0 aromatic carbocycles. The number of carbonyl (C=O) groups is 1. The normalized spacial score (nSPS) is 30.5. The lowest BCUT2D eigenvalue weighted by atomic mass is 10.1. The molecule has 5 nitrogen and oxygen atoms in total. The highest BCUT2D eigenvalue weighted by atomic mass is 16.5. The number of amides is 1. The fraction of sp³-hybridized carbons (Fsp3) is 0.917. The number of rotatable bonds is 2. The van der Waals surface area contributed by atoms with Gasteiger partial charge in [-0.25, -0.2) is 0 Å². The molecule has 0 aromatic rings. The molecule has 1 amide bonds. The molecule has 0 aromatic heterocycles. The Hall–Kier alpha value is -0.650. The average Bonchev–Trinajstić information content (AvgIpc) is 2.53. The predicted molar refractivity (Wildman–Crippen MR) is 65.9 cm³/mol. The molecule has 5 heteroatoms. The van der Waals surface area contributed by atoms with Gasteiger partial charge >= 0.3 is 0 Å². The molecule has 0 saturated carbocycles. The van der Waals surface area contributed by atoms with E-state index >= 15 is 0 Å². The summed E-state index contributed by atoms with van der Waals surface area (Å²) in [7, 11) is 5.97. The molecule has 0 aliphatic carbocycles. The molecule has 2 rings (SSSR count). The van der Waals surface area contributed by atoms with Crippen molar-refractivity contribution in [2.75, 3.05) is 60.5 Å². The lowest BCUT2D eigenvalue weighted by Crippen LogP contribution is -2.37. The summed E-state index contributed by atoms with van der Waals surface area (Å²) in [5, 5.41) is 0. The molecule has 0 radical (unpaired) electrons. The van der Waals surface area contributed by atoms with Gasteiger partial charge in [0, 0.05) is 32.1 Å². The van der Waals surface area contributed by atoms with Crippen molar-refractivity contribution in [3.8, 4) is 0 Å². The van der Waals surface area contributed by atoms with Crippen molar-refractivity contribution in [3.63, 3.8) is 0 Å². The van der Waals surface area contributed by atoms with E-state index < -0.39 is 0 Å². The van der Waals surface area contributed by atoms with Gasteiger partial charge in [-0.05, 0) is 21.1 Å². The van der Waals surface area contributed by atoms with Crippen LogP contribution in [0.3, 0.4) is 0 Å². The molecule has 2 atom stereocenters. The quantitative estimate of drug-likeness (QED) is 0.643. The van der Waals surface area contributed by atoms with Gasteiger partial charge in [-0.3, -0.25) is 4.79 Å². The number of carbonyl (C=O) groups excluding carboxylic acids is 1. The molecule has 2 saturated heterocycles. The summed E-state index contributed by atoms with van der Waals surface area (Å²) < 4.78 is 5.83. The summed E-state index contributed by atoms with van der Waals surface area (Å²) in [5.74, 6) is 0.697. The molecule has 0 bridgehead atoms. The van der Waals surface area contributed by atoms with Crippen LogP contribution in [0.5, 0.6) is 0 Å². The molecule has 2 fully saturated rings. The molecule has 2 aliphatic heterocycles. The van der Waals surface area contributed by atoms with Crippen molar-refractivity contribution in [2.24, 2.45) is 5.92 Å². The minimum atomic E-state index is 0.217. The van der Waals surface area contributed by atoms with Gasteiger partial charge in [-0.2, -0.15) is 0 Å². The van der Waals surface area contributed by atoms with Gasteiger partial charge in [-0.15, -0.1) is 0 Å². The van der Waals surface area contributed by atoms with Gasteiger partial charge in [0.25, 0.3) is 0 Å². The largest absolute Gasteiger partial charge is 0.375 e.